The summed E-state index contributed by atoms with van der Waals surface area (Å²) >= 11 is 7.18. The number of ketones is 1. The Morgan fingerprint density at radius 1 is 1.00 bits per heavy atom. The van der Waals surface area contributed by atoms with E-state index in [4.69, 9.17) is 16.1 Å². The number of carbonyl (C=O) groups excluding carboxylic acids is 1. The molecule has 0 saturated heterocycles. The minimum absolute atomic E-state index is 0.0613. The molecule has 0 amide bonds. The van der Waals surface area contributed by atoms with Crippen molar-refractivity contribution in [3.8, 4) is 11.3 Å². The van der Waals surface area contributed by atoms with Crippen molar-refractivity contribution in [1.82, 2.24) is 5.16 Å². The van der Waals surface area contributed by atoms with Gasteiger partial charge in [-0.2, -0.15) is 0 Å². The van der Waals surface area contributed by atoms with E-state index in [1.54, 1.807) is 12.1 Å². The second-order valence-electron chi connectivity index (χ2n) is 6.27. The van der Waals surface area contributed by atoms with Crippen LogP contribution in [0.15, 0.2) is 77.3 Å². The van der Waals surface area contributed by atoms with E-state index in [9.17, 15) is 4.79 Å². The lowest BCUT2D eigenvalue weighted by Gasteiger charge is -2.06. The van der Waals surface area contributed by atoms with Gasteiger partial charge in [-0.05, 0) is 36.4 Å². The first-order valence-electron chi connectivity index (χ1n) is 8.84. The fraction of sp³-hybridized carbons (Fsp3) is 0.0909. The number of nitrogens with one attached hydrogen (secondary N) is 1. The number of hydrogen-bond donors (Lipinski definition) is 1. The first-order chi connectivity index (χ1) is 13.7. The number of aromatic nitrogens is 1. The minimum Gasteiger partial charge on any atom is -0.361 e. The molecule has 0 radical (unpaired) electrons. The molecular weight excluding hydrogens is 392 g/mol. The number of benzene rings is 2. The predicted molar refractivity (Wildman–Crippen MR) is 114 cm³/mol. The first-order valence-corrected chi connectivity index (χ1v) is 10.0. The van der Waals surface area contributed by atoms with Gasteiger partial charge in [-0.15, -0.1) is 11.3 Å². The van der Waals surface area contributed by atoms with Gasteiger partial charge in [0.1, 0.15) is 11.5 Å². The Bertz CT molecular complexity index is 1070. The summed E-state index contributed by atoms with van der Waals surface area (Å²) in [6.45, 7) is 0. The summed E-state index contributed by atoms with van der Waals surface area (Å²) in [6, 6.07) is 23.4. The maximum atomic E-state index is 12.2. The molecule has 4 aromatic rings. The Morgan fingerprint density at radius 2 is 1.75 bits per heavy atom. The second kappa shape index (κ2) is 8.42. The zero-order valence-corrected chi connectivity index (χ0v) is 16.5. The lowest BCUT2D eigenvalue weighted by molar-refractivity contribution is 0.0984. The third-order valence-electron chi connectivity index (χ3n) is 4.25. The Morgan fingerprint density at radius 3 is 2.46 bits per heavy atom. The van der Waals surface area contributed by atoms with Gasteiger partial charge < -0.3 is 9.84 Å². The molecule has 1 N–H and O–H groups in total. The largest absolute Gasteiger partial charge is 0.361 e. The Balaban J connectivity index is 1.37. The molecule has 140 valence electrons. The van der Waals surface area contributed by atoms with Crippen molar-refractivity contribution in [1.29, 1.82) is 0 Å². The molecule has 0 saturated carbocycles. The maximum absolute atomic E-state index is 12.2. The first kappa shape index (κ1) is 18.5. The smallest absolute Gasteiger partial charge is 0.173 e. The quantitative estimate of drug-likeness (QED) is 0.349. The number of anilines is 2. The Hall–Kier alpha value is -2.89. The van der Waals surface area contributed by atoms with Gasteiger partial charge >= 0.3 is 0 Å². The minimum atomic E-state index is 0.0613. The molecule has 2 aromatic carbocycles. The standard InChI is InChI=1S/C22H17ClN2O2S/c23-22-13-12-21(28-22)20(26)11-10-18-14-19(25-27-18)15-6-8-17(9-7-15)24-16-4-2-1-3-5-16/h1-9,12-14,24H,10-11H2. The second-order valence-corrected chi connectivity index (χ2v) is 7.99. The highest BCUT2D eigenvalue weighted by molar-refractivity contribution is 7.18. The van der Waals surface area contributed by atoms with Crippen LogP contribution in [0, 0.1) is 0 Å². The van der Waals surface area contributed by atoms with Crippen LogP contribution in [0.1, 0.15) is 21.9 Å². The average Bonchev–Trinajstić information content (AvgIpc) is 3.37. The van der Waals surface area contributed by atoms with E-state index in [0.29, 0.717) is 27.8 Å². The van der Waals surface area contributed by atoms with Crippen LogP contribution >= 0.6 is 22.9 Å². The van der Waals surface area contributed by atoms with Crippen LogP contribution in [0.4, 0.5) is 11.4 Å². The molecule has 0 aliphatic heterocycles. The van der Waals surface area contributed by atoms with E-state index in [-0.39, 0.29) is 5.78 Å². The summed E-state index contributed by atoms with van der Waals surface area (Å²) in [5.41, 5.74) is 3.76. The van der Waals surface area contributed by atoms with Gasteiger partial charge in [-0.1, -0.05) is 47.1 Å². The monoisotopic (exact) mass is 408 g/mol. The SMILES string of the molecule is O=C(CCc1cc(-c2ccc(Nc3ccccc3)cc2)no1)c1ccc(Cl)s1. The maximum Gasteiger partial charge on any atom is 0.173 e. The highest BCUT2D eigenvalue weighted by atomic mass is 35.5. The number of thiophene rings is 1. The van der Waals surface area contributed by atoms with Gasteiger partial charge in [0.2, 0.25) is 0 Å². The predicted octanol–water partition coefficient (Wildman–Crippen LogP) is 6.62. The number of rotatable bonds is 7. The van der Waals surface area contributed by atoms with E-state index in [1.807, 2.05) is 60.7 Å². The molecule has 0 spiro atoms. The third-order valence-corrected chi connectivity index (χ3v) is 5.52. The molecule has 0 atom stereocenters. The lowest BCUT2D eigenvalue weighted by Crippen LogP contribution is -1.97. The van der Waals surface area contributed by atoms with Crippen molar-refractivity contribution in [3.63, 3.8) is 0 Å². The molecule has 0 bridgehead atoms. The number of aryl methyl sites for hydroxylation is 1. The molecule has 28 heavy (non-hydrogen) atoms. The van der Waals surface area contributed by atoms with Crippen LogP contribution in [0.5, 0.6) is 0 Å². The van der Waals surface area contributed by atoms with Crippen LogP contribution in [0.3, 0.4) is 0 Å². The van der Waals surface area contributed by atoms with Crippen LogP contribution in [-0.4, -0.2) is 10.9 Å². The number of carbonyl (C=O) groups is 1. The van der Waals surface area contributed by atoms with E-state index in [1.165, 1.54) is 11.3 Å². The number of nitrogens with zero attached hydrogens (tertiary/aromatic N) is 1. The highest BCUT2D eigenvalue weighted by Crippen LogP contribution is 2.25. The fourth-order valence-electron chi connectivity index (χ4n) is 2.80. The molecule has 6 heteroatoms. The molecule has 2 heterocycles. The summed E-state index contributed by atoms with van der Waals surface area (Å²) in [5, 5.41) is 7.48. The van der Waals surface area contributed by atoms with E-state index in [2.05, 4.69) is 10.5 Å². The van der Waals surface area contributed by atoms with Crippen LogP contribution in [-0.2, 0) is 6.42 Å². The zero-order valence-electron chi connectivity index (χ0n) is 14.9. The number of Topliss-reactive ketones (excluding diaryl/α,β-unsaturated/α-hetero) is 1. The number of halogens is 1. The van der Waals surface area contributed by atoms with Crippen LogP contribution in [0.2, 0.25) is 4.34 Å². The van der Waals surface area contributed by atoms with E-state index >= 15 is 0 Å². The molecule has 0 unspecified atom stereocenters. The van der Waals surface area contributed by atoms with Gasteiger partial charge in [-0.3, -0.25) is 4.79 Å². The molecule has 2 aromatic heterocycles. The topological polar surface area (TPSA) is 55.1 Å². The van der Waals surface area contributed by atoms with Gasteiger partial charge in [-0.25, -0.2) is 0 Å². The van der Waals surface area contributed by atoms with Gasteiger partial charge in [0.15, 0.2) is 5.78 Å². The molecule has 0 fully saturated rings. The van der Waals surface area contributed by atoms with Crippen molar-refractivity contribution in [2.24, 2.45) is 0 Å². The van der Waals surface area contributed by atoms with Crippen molar-refractivity contribution in [2.45, 2.75) is 12.8 Å². The Kier molecular flexibility index (Phi) is 5.55. The molecular formula is C22H17ClN2O2S. The van der Waals surface area contributed by atoms with Crippen molar-refractivity contribution >= 4 is 40.1 Å². The van der Waals surface area contributed by atoms with Crippen molar-refractivity contribution < 1.29 is 9.32 Å². The highest BCUT2D eigenvalue weighted by Gasteiger charge is 2.12. The summed E-state index contributed by atoms with van der Waals surface area (Å²) in [4.78, 5) is 12.9. The summed E-state index contributed by atoms with van der Waals surface area (Å²) < 4.78 is 6.02. The Labute approximate surface area is 171 Å². The van der Waals surface area contributed by atoms with Gasteiger partial charge in [0, 0.05) is 35.8 Å². The molecule has 0 aliphatic rings. The van der Waals surface area contributed by atoms with Crippen molar-refractivity contribution in [3.05, 3.63) is 87.8 Å². The van der Waals surface area contributed by atoms with Crippen molar-refractivity contribution in [2.75, 3.05) is 5.32 Å². The number of para-hydroxylation sites is 1. The average molecular weight is 409 g/mol. The van der Waals surface area contributed by atoms with Crippen LogP contribution in [0.25, 0.3) is 11.3 Å². The third kappa shape index (κ3) is 4.50. The molecule has 4 rings (SSSR count). The zero-order chi connectivity index (χ0) is 19.3. The van der Waals surface area contributed by atoms with E-state index in [0.717, 1.165) is 22.6 Å². The lowest BCUT2D eigenvalue weighted by atomic mass is 10.1. The molecule has 0 aliphatic carbocycles. The van der Waals surface area contributed by atoms with Gasteiger partial charge in [0.25, 0.3) is 0 Å². The summed E-state index contributed by atoms with van der Waals surface area (Å²) in [5.74, 6) is 0.753. The number of hydrogen-bond acceptors (Lipinski definition) is 5. The normalized spacial score (nSPS) is 10.8. The fourth-order valence-corrected chi connectivity index (χ4v) is 3.81. The van der Waals surface area contributed by atoms with Gasteiger partial charge in [0.05, 0.1) is 9.21 Å². The van der Waals surface area contributed by atoms with Crippen LogP contribution < -0.4 is 5.32 Å². The van der Waals surface area contributed by atoms with E-state index < -0.39 is 0 Å². The molecule has 4 nitrogen and oxygen atoms in total. The summed E-state index contributed by atoms with van der Waals surface area (Å²) in [7, 11) is 0. The summed E-state index contributed by atoms with van der Waals surface area (Å²) in [6.07, 6.45) is 0.875.